The van der Waals surface area contributed by atoms with E-state index in [1.807, 2.05) is 32.9 Å². The molecule has 2 rings (SSSR count). The third kappa shape index (κ3) is 4.21. The van der Waals surface area contributed by atoms with Crippen molar-refractivity contribution in [3.05, 3.63) is 34.3 Å². The maximum absolute atomic E-state index is 12.1. The van der Waals surface area contributed by atoms with Gasteiger partial charge in [0, 0.05) is 24.1 Å². The second kappa shape index (κ2) is 6.14. The van der Waals surface area contributed by atoms with E-state index in [2.05, 4.69) is 33.4 Å². The highest BCUT2D eigenvalue weighted by molar-refractivity contribution is 9.10. The molecular weight excluding hydrogens is 320 g/mol. The Bertz CT molecular complexity index is 485. The number of rotatable bonds is 1. The number of amides is 1. The second-order valence-corrected chi connectivity index (χ2v) is 6.90. The lowest BCUT2D eigenvalue weighted by atomic mass is 10.1. The minimum Gasteiger partial charge on any atom is -0.444 e. The van der Waals surface area contributed by atoms with Crippen LogP contribution in [-0.2, 0) is 4.74 Å². The van der Waals surface area contributed by atoms with Crippen molar-refractivity contribution in [1.29, 1.82) is 0 Å². The summed E-state index contributed by atoms with van der Waals surface area (Å²) in [6, 6.07) is 8.30. The first kappa shape index (κ1) is 15.3. The molecular formula is C15H21BrN2O2. The van der Waals surface area contributed by atoms with Crippen LogP contribution in [0, 0.1) is 0 Å². The van der Waals surface area contributed by atoms with Crippen molar-refractivity contribution in [3.63, 3.8) is 0 Å². The fourth-order valence-corrected chi connectivity index (χ4v) is 2.61. The van der Waals surface area contributed by atoms with Crippen molar-refractivity contribution in [2.24, 2.45) is 0 Å². The Hall–Kier alpha value is -1.07. The van der Waals surface area contributed by atoms with E-state index in [-0.39, 0.29) is 12.1 Å². The Labute approximate surface area is 128 Å². The van der Waals surface area contributed by atoms with Crippen LogP contribution in [-0.4, -0.2) is 36.2 Å². The number of nitrogens with zero attached hydrogens (tertiary/aromatic N) is 1. The summed E-state index contributed by atoms with van der Waals surface area (Å²) in [7, 11) is 0. The van der Waals surface area contributed by atoms with Gasteiger partial charge in [0.15, 0.2) is 0 Å². The normalized spacial score (nSPS) is 19.8. The Morgan fingerprint density at radius 1 is 1.45 bits per heavy atom. The molecule has 1 aliphatic heterocycles. The van der Waals surface area contributed by atoms with Gasteiger partial charge in [-0.25, -0.2) is 4.79 Å². The summed E-state index contributed by atoms with van der Waals surface area (Å²) in [5.74, 6) is 0. The topological polar surface area (TPSA) is 41.6 Å². The molecule has 1 N–H and O–H groups in total. The lowest BCUT2D eigenvalue weighted by molar-refractivity contribution is 0.0195. The minimum absolute atomic E-state index is 0.147. The lowest BCUT2D eigenvalue weighted by Gasteiger charge is -2.35. The zero-order valence-electron chi connectivity index (χ0n) is 12.1. The van der Waals surface area contributed by atoms with Gasteiger partial charge >= 0.3 is 6.09 Å². The predicted molar refractivity (Wildman–Crippen MR) is 82.7 cm³/mol. The zero-order chi connectivity index (χ0) is 14.8. The van der Waals surface area contributed by atoms with Crippen LogP contribution < -0.4 is 5.32 Å². The number of hydrogen-bond donors (Lipinski definition) is 1. The molecule has 0 spiro atoms. The molecule has 0 aromatic heterocycles. The molecule has 0 saturated carbocycles. The maximum Gasteiger partial charge on any atom is 0.410 e. The first-order valence-corrected chi connectivity index (χ1v) is 7.61. The highest BCUT2D eigenvalue weighted by atomic mass is 79.9. The Balaban J connectivity index is 2.03. The number of carbonyl (C=O) groups is 1. The van der Waals surface area contributed by atoms with Crippen molar-refractivity contribution in [3.8, 4) is 0 Å². The largest absolute Gasteiger partial charge is 0.444 e. The summed E-state index contributed by atoms with van der Waals surface area (Å²) in [5.41, 5.74) is 0.723. The Morgan fingerprint density at radius 2 is 2.20 bits per heavy atom. The van der Waals surface area contributed by atoms with Gasteiger partial charge in [0.05, 0.1) is 6.04 Å². The summed E-state index contributed by atoms with van der Waals surface area (Å²) < 4.78 is 6.48. The summed E-state index contributed by atoms with van der Waals surface area (Å²) in [5, 5.41) is 3.44. The Morgan fingerprint density at radius 3 is 2.85 bits per heavy atom. The molecule has 110 valence electrons. The molecule has 4 nitrogen and oxygen atoms in total. The van der Waals surface area contributed by atoms with E-state index in [0.717, 1.165) is 11.0 Å². The second-order valence-electron chi connectivity index (χ2n) is 5.99. The summed E-state index contributed by atoms with van der Waals surface area (Å²) in [4.78, 5) is 13.9. The molecule has 5 heteroatoms. The summed E-state index contributed by atoms with van der Waals surface area (Å²) in [6.45, 7) is 7.75. The number of carbonyl (C=O) groups excluding carboxylic acids is 1. The van der Waals surface area contributed by atoms with Gasteiger partial charge < -0.3 is 15.0 Å². The average Bonchev–Trinajstić information content (AvgIpc) is 2.37. The summed E-state index contributed by atoms with van der Waals surface area (Å²) in [6.07, 6.45) is -0.237. The van der Waals surface area contributed by atoms with Gasteiger partial charge in [-0.1, -0.05) is 28.1 Å². The van der Waals surface area contributed by atoms with Crippen LogP contribution >= 0.6 is 15.9 Å². The fourth-order valence-electron chi connectivity index (χ4n) is 2.19. The van der Waals surface area contributed by atoms with Gasteiger partial charge in [-0.3, -0.25) is 0 Å². The van der Waals surface area contributed by atoms with Crippen molar-refractivity contribution < 1.29 is 9.53 Å². The third-order valence-corrected chi connectivity index (χ3v) is 3.57. The SMILES string of the molecule is CC(C)(C)OC(=O)N1CCN[C@H](c2cccc(Br)c2)C1. The van der Waals surface area contributed by atoms with E-state index in [4.69, 9.17) is 4.74 Å². The molecule has 1 atom stereocenters. The van der Waals surface area contributed by atoms with Crippen LogP contribution in [0.15, 0.2) is 28.7 Å². The van der Waals surface area contributed by atoms with E-state index >= 15 is 0 Å². The molecule has 1 aromatic carbocycles. The number of nitrogens with one attached hydrogen (secondary N) is 1. The van der Waals surface area contributed by atoms with Crippen molar-refractivity contribution in [1.82, 2.24) is 10.2 Å². The average molecular weight is 341 g/mol. The van der Waals surface area contributed by atoms with Gasteiger partial charge in [0.2, 0.25) is 0 Å². The van der Waals surface area contributed by atoms with Crippen LogP contribution in [0.25, 0.3) is 0 Å². The molecule has 0 aliphatic carbocycles. The van der Waals surface area contributed by atoms with Crippen molar-refractivity contribution in [2.75, 3.05) is 19.6 Å². The van der Waals surface area contributed by atoms with Gasteiger partial charge in [-0.15, -0.1) is 0 Å². The molecule has 1 aromatic rings. The molecule has 1 aliphatic rings. The van der Waals surface area contributed by atoms with E-state index in [0.29, 0.717) is 13.1 Å². The smallest absolute Gasteiger partial charge is 0.410 e. The predicted octanol–water partition coefficient (Wildman–Crippen LogP) is 3.33. The molecule has 1 saturated heterocycles. The number of piperazine rings is 1. The minimum atomic E-state index is -0.451. The van der Waals surface area contributed by atoms with E-state index < -0.39 is 5.60 Å². The van der Waals surface area contributed by atoms with Crippen LogP contribution in [0.3, 0.4) is 0 Å². The molecule has 1 amide bonds. The van der Waals surface area contributed by atoms with Gasteiger partial charge in [0.25, 0.3) is 0 Å². The quantitative estimate of drug-likeness (QED) is 0.852. The van der Waals surface area contributed by atoms with Crippen LogP contribution in [0.1, 0.15) is 32.4 Å². The highest BCUT2D eigenvalue weighted by Crippen LogP contribution is 2.22. The van der Waals surface area contributed by atoms with Crippen molar-refractivity contribution in [2.45, 2.75) is 32.4 Å². The third-order valence-electron chi connectivity index (χ3n) is 3.08. The Kier molecular flexibility index (Phi) is 4.70. The maximum atomic E-state index is 12.1. The lowest BCUT2D eigenvalue weighted by Crippen LogP contribution is -2.49. The summed E-state index contributed by atoms with van der Waals surface area (Å²) >= 11 is 3.48. The zero-order valence-corrected chi connectivity index (χ0v) is 13.7. The molecule has 1 fully saturated rings. The van der Waals surface area contributed by atoms with E-state index in [1.54, 1.807) is 4.90 Å². The van der Waals surface area contributed by atoms with E-state index in [9.17, 15) is 4.79 Å². The molecule has 0 radical (unpaired) electrons. The monoisotopic (exact) mass is 340 g/mol. The number of ether oxygens (including phenoxy) is 1. The first-order valence-electron chi connectivity index (χ1n) is 6.82. The molecule has 1 heterocycles. The van der Waals surface area contributed by atoms with E-state index in [1.165, 1.54) is 5.56 Å². The van der Waals surface area contributed by atoms with Gasteiger partial charge in [-0.05, 0) is 38.5 Å². The van der Waals surface area contributed by atoms with Crippen LogP contribution in [0.4, 0.5) is 4.79 Å². The number of hydrogen-bond acceptors (Lipinski definition) is 3. The van der Waals surface area contributed by atoms with Gasteiger partial charge in [-0.2, -0.15) is 0 Å². The molecule has 0 bridgehead atoms. The van der Waals surface area contributed by atoms with Gasteiger partial charge in [0.1, 0.15) is 5.60 Å². The standard InChI is InChI=1S/C15H21BrN2O2/c1-15(2,3)20-14(19)18-8-7-17-13(10-18)11-5-4-6-12(16)9-11/h4-6,9,13,17H,7-8,10H2,1-3H3/t13-/m0/s1. The number of halogens is 1. The first-order chi connectivity index (χ1) is 9.35. The van der Waals surface area contributed by atoms with Crippen molar-refractivity contribution >= 4 is 22.0 Å². The molecule has 0 unspecified atom stereocenters. The van der Waals surface area contributed by atoms with Crippen LogP contribution in [0.5, 0.6) is 0 Å². The highest BCUT2D eigenvalue weighted by Gasteiger charge is 2.27. The number of benzene rings is 1. The fraction of sp³-hybridized carbons (Fsp3) is 0.533. The molecule has 20 heavy (non-hydrogen) atoms. The van der Waals surface area contributed by atoms with Crippen LogP contribution in [0.2, 0.25) is 0 Å².